The Bertz CT molecular complexity index is 578. The van der Waals surface area contributed by atoms with E-state index in [1.54, 1.807) is 6.20 Å². The molecule has 0 radical (unpaired) electrons. The molecular formula is C14H17N3O. The lowest BCUT2D eigenvalue weighted by atomic mass is 9.95. The summed E-state index contributed by atoms with van der Waals surface area (Å²) < 4.78 is 1.97. The number of rotatable bonds is 2. The Morgan fingerprint density at radius 2 is 2.28 bits per heavy atom. The number of aromatic nitrogens is 2. The van der Waals surface area contributed by atoms with E-state index in [4.69, 9.17) is 5.73 Å². The molecule has 1 aliphatic rings. The molecule has 1 heterocycles. The van der Waals surface area contributed by atoms with E-state index < -0.39 is 5.60 Å². The van der Waals surface area contributed by atoms with Gasteiger partial charge in [-0.05, 0) is 18.1 Å². The topological polar surface area (TPSA) is 64.1 Å². The fourth-order valence-electron chi connectivity index (χ4n) is 2.88. The summed E-state index contributed by atoms with van der Waals surface area (Å²) in [6, 6.07) is 7.68. The predicted molar refractivity (Wildman–Crippen MR) is 68.9 cm³/mol. The lowest BCUT2D eigenvalue weighted by Gasteiger charge is -2.24. The molecule has 94 valence electrons. The highest BCUT2D eigenvalue weighted by Crippen LogP contribution is 2.45. The molecule has 4 heteroatoms. The van der Waals surface area contributed by atoms with Gasteiger partial charge in [-0.2, -0.15) is 0 Å². The van der Waals surface area contributed by atoms with E-state index in [1.807, 2.05) is 42.0 Å². The van der Waals surface area contributed by atoms with E-state index in [-0.39, 0.29) is 6.04 Å². The Labute approximate surface area is 106 Å². The van der Waals surface area contributed by atoms with E-state index in [2.05, 4.69) is 4.98 Å². The number of fused-ring (bicyclic) bond motifs is 1. The van der Waals surface area contributed by atoms with Crippen LogP contribution in [-0.2, 0) is 12.1 Å². The van der Waals surface area contributed by atoms with Crippen molar-refractivity contribution in [2.75, 3.05) is 0 Å². The average molecular weight is 243 g/mol. The molecule has 3 N–H and O–H groups in total. The maximum absolute atomic E-state index is 11.0. The number of aryl methyl sites for hydroxylation is 1. The van der Waals surface area contributed by atoms with Crippen LogP contribution in [0.15, 0.2) is 36.7 Å². The van der Waals surface area contributed by atoms with E-state index in [0.717, 1.165) is 17.7 Å². The van der Waals surface area contributed by atoms with Crippen LogP contribution in [0.2, 0.25) is 0 Å². The summed E-state index contributed by atoms with van der Waals surface area (Å²) in [5.74, 6) is 0.686. The van der Waals surface area contributed by atoms with Crippen molar-refractivity contribution in [1.82, 2.24) is 9.55 Å². The van der Waals surface area contributed by atoms with Gasteiger partial charge in [0.15, 0.2) is 0 Å². The van der Waals surface area contributed by atoms with Gasteiger partial charge in [0.05, 0.1) is 0 Å². The van der Waals surface area contributed by atoms with Gasteiger partial charge < -0.3 is 15.4 Å². The molecule has 1 aromatic carbocycles. The van der Waals surface area contributed by atoms with Crippen LogP contribution in [0.1, 0.15) is 36.3 Å². The lowest BCUT2D eigenvalue weighted by molar-refractivity contribution is 0.0644. The number of imidazole rings is 1. The van der Waals surface area contributed by atoms with Crippen molar-refractivity contribution in [3.05, 3.63) is 53.6 Å². The highest BCUT2D eigenvalue weighted by Gasteiger charge is 2.44. The molecule has 0 bridgehead atoms. The fraction of sp³-hybridized carbons (Fsp3) is 0.357. The molecule has 2 aromatic rings. The maximum atomic E-state index is 11.0. The zero-order valence-electron chi connectivity index (χ0n) is 10.4. The quantitative estimate of drug-likeness (QED) is 0.841. The summed E-state index contributed by atoms with van der Waals surface area (Å²) >= 11 is 0. The molecule has 0 aliphatic heterocycles. The van der Waals surface area contributed by atoms with Gasteiger partial charge in [-0.3, -0.25) is 0 Å². The molecule has 1 aliphatic carbocycles. The molecule has 1 aromatic heterocycles. The average Bonchev–Trinajstić information content (AvgIpc) is 2.95. The zero-order chi connectivity index (χ0) is 12.8. The second-order valence-electron chi connectivity index (χ2n) is 4.80. The summed E-state index contributed by atoms with van der Waals surface area (Å²) in [6.45, 7) is 2.82. The summed E-state index contributed by atoms with van der Waals surface area (Å²) in [5, 5.41) is 11.0. The molecule has 3 rings (SSSR count). The summed E-state index contributed by atoms with van der Waals surface area (Å²) in [5.41, 5.74) is 6.97. The summed E-state index contributed by atoms with van der Waals surface area (Å²) in [4.78, 5) is 4.33. The molecule has 18 heavy (non-hydrogen) atoms. The Hall–Kier alpha value is -1.65. The van der Waals surface area contributed by atoms with Crippen LogP contribution in [0.5, 0.6) is 0 Å². The fourth-order valence-corrected chi connectivity index (χ4v) is 2.88. The highest BCUT2D eigenvalue weighted by molar-refractivity contribution is 5.44. The van der Waals surface area contributed by atoms with Crippen LogP contribution in [0.4, 0.5) is 0 Å². The SMILES string of the molecule is CCn1ccnc1C1(O)CC(N)c2ccccc21. The third-order valence-electron chi connectivity index (χ3n) is 3.75. The minimum Gasteiger partial charge on any atom is -0.377 e. The Balaban J connectivity index is 2.18. The molecule has 4 nitrogen and oxygen atoms in total. The van der Waals surface area contributed by atoms with Crippen molar-refractivity contribution in [3.8, 4) is 0 Å². The van der Waals surface area contributed by atoms with Gasteiger partial charge in [0.1, 0.15) is 11.4 Å². The van der Waals surface area contributed by atoms with Crippen LogP contribution in [0, 0.1) is 0 Å². The van der Waals surface area contributed by atoms with Crippen LogP contribution >= 0.6 is 0 Å². The molecule has 2 atom stereocenters. The molecule has 0 saturated carbocycles. The van der Waals surface area contributed by atoms with Crippen molar-refractivity contribution < 1.29 is 5.11 Å². The smallest absolute Gasteiger partial charge is 0.149 e. The van der Waals surface area contributed by atoms with E-state index >= 15 is 0 Å². The number of aliphatic hydroxyl groups is 1. The van der Waals surface area contributed by atoms with Crippen LogP contribution in [0.25, 0.3) is 0 Å². The molecule has 0 amide bonds. The zero-order valence-corrected chi connectivity index (χ0v) is 10.4. The third-order valence-corrected chi connectivity index (χ3v) is 3.75. The minimum atomic E-state index is -1.06. The van der Waals surface area contributed by atoms with Crippen molar-refractivity contribution in [3.63, 3.8) is 0 Å². The second-order valence-corrected chi connectivity index (χ2v) is 4.80. The van der Waals surface area contributed by atoms with Crippen molar-refractivity contribution in [2.45, 2.75) is 31.5 Å². The number of nitrogens with two attached hydrogens (primary N) is 1. The highest BCUT2D eigenvalue weighted by atomic mass is 16.3. The van der Waals surface area contributed by atoms with Crippen molar-refractivity contribution in [1.29, 1.82) is 0 Å². The molecule has 0 fully saturated rings. The summed E-state index contributed by atoms with van der Waals surface area (Å²) in [6.07, 6.45) is 4.10. The van der Waals surface area contributed by atoms with Crippen molar-refractivity contribution in [2.24, 2.45) is 5.73 Å². The number of hydrogen-bond acceptors (Lipinski definition) is 3. The monoisotopic (exact) mass is 243 g/mol. The number of hydrogen-bond donors (Lipinski definition) is 2. The Morgan fingerprint density at radius 1 is 1.50 bits per heavy atom. The van der Waals surface area contributed by atoms with Gasteiger partial charge in [-0.1, -0.05) is 24.3 Å². The lowest BCUT2D eigenvalue weighted by Crippen LogP contribution is -2.29. The second kappa shape index (κ2) is 3.93. The molecular weight excluding hydrogens is 226 g/mol. The predicted octanol–water partition coefficient (Wildman–Crippen LogP) is 1.54. The molecule has 2 unspecified atom stereocenters. The first-order chi connectivity index (χ1) is 8.66. The number of benzene rings is 1. The van der Waals surface area contributed by atoms with Crippen LogP contribution in [-0.4, -0.2) is 14.7 Å². The van der Waals surface area contributed by atoms with Gasteiger partial charge >= 0.3 is 0 Å². The number of nitrogens with zero attached hydrogens (tertiary/aromatic N) is 2. The van der Waals surface area contributed by atoms with Gasteiger partial charge in [-0.25, -0.2) is 4.98 Å². The van der Waals surface area contributed by atoms with Crippen LogP contribution < -0.4 is 5.73 Å². The Kier molecular flexibility index (Phi) is 2.50. The van der Waals surface area contributed by atoms with Gasteiger partial charge in [0, 0.05) is 31.4 Å². The first-order valence-electron chi connectivity index (χ1n) is 6.26. The molecule has 0 saturated heterocycles. The van der Waals surface area contributed by atoms with Gasteiger partial charge in [-0.15, -0.1) is 0 Å². The van der Waals surface area contributed by atoms with Gasteiger partial charge in [0.25, 0.3) is 0 Å². The Morgan fingerprint density at radius 3 is 3.06 bits per heavy atom. The minimum absolute atomic E-state index is 0.131. The molecule has 0 spiro atoms. The van der Waals surface area contributed by atoms with Gasteiger partial charge in [0.2, 0.25) is 0 Å². The summed E-state index contributed by atoms with van der Waals surface area (Å²) in [7, 11) is 0. The van der Waals surface area contributed by atoms with E-state index in [9.17, 15) is 5.11 Å². The van der Waals surface area contributed by atoms with E-state index in [1.165, 1.54) is 0 Å². The van der Waals surface area contributed by atoms with Crippen molar-refractivity contribution >= 4 is 0 Å². The standard InChI is InChI=1S/C14H17N3O/c1-2-17-8-7-16-13(17)14(18)9-12(15)10-5-3-4-6-11(10)14/h3-8,12,18H,2,9,15H2,1H3. The first-order valence-corrected chi connectivity index (χ1v) is 6.26. The largest absolute Gasteiger partial charge is 0.377 e. The first kappa shape index (κ1) is 11.4. The third kappa shape index (κ3) is 1.43. The maximum Gasteiger partial charge on any atom is 0.149 e. The normalized spacial score (nSPS) is 26.3. The van der Waals surface area contributed by atoms with E-state index in [0.29, 0.717) is 12.2 Å². The van der Waals surface area contributed by atoms with Crippen LogP contribution in [0.3, 0.4) is 0 Å².